The van der Waals surface area contributed by atoms with Gasteiger partial charge in [-0.15, -0.1) is 0 Å². The number of aromatic nitrogens is 4. The largest absolute Gasteiger partial charge is 0.493 e. The lowest BCUT2D eigenvalue weighted by Crippen LogP contribution is -2.15. The fraction of sp³-hybridized carbons (Fsp3) is 0.455. The van der Waals surface area contributed by atoms with Crippen molar-refractivity contribution in [2.24, 2.45) is 5.92 Å². The second-order valence-corrected chi connectivity index (χ2v) is 8.18. The Bertz CT molecular complexity index is 1160. The van der Waals surface area contributed by atoms with Gasteiger partial charge >= 0.3 is 0 Å². The lowest BCUT2D eigenvalue weighted by Gasteiger charge is -2.23. The molecule has 1 unspecified atom stereocenters. The van der Waals surface area contributed by atoms with Gasteiger partial charge in [0.2, 0.25) is 0 Å². The molecule has 0 radical (unpaired) electrons. The van der Waals surface area contributed by atoms with Gasteiger partial charge in [0.05, 0.1) is 34.3 Å². The van der Waals surface area contributed by atoms with Gasteiger partial charge in [-0.2, -0.15) is 10.4 Å². The molecule has 1 aliphatic rings. The van der Waals surface area contributed by atoms with Crippen molar-refractivity contribution in [3.8, 4) is 11.8 Å². The van der Waals surface area contributed by atoms with E-state index < -0.39 is 0 Å². The van der Waals surface area contributed by atoms with Crippen molar-refractivity contribution in [1.29, 1.82) is 5.26 Å². The molecule has 3 heterocycles. The van der Waals surface area contributed by atoms with Crippen LogP contribution >= 0.6 is 11.6 Å². The maximum atomic E-state index is 9.82. The summed E-state index contributed by atoms with van der Waals surface area (Å²) in [5.74, 6) is 1.41. The third kappa shape index (κ3) is 3.80. The average molecular weight is 441 g/mol. The monoisotopic (exact) mass is 440 g/mol. The topological polar surface area (TPSA) is 112 Å². The smallest absolute Gasteiger partial charge is 0.164 e. The molecule has 0 saturated carbocycles. The first-order valence-corrected chi connectivity index (χ1v) is 10.7. The van der Waals surface area contributed by atoms with Crippen molar-refractivity contribution in [3.05, 3.63) is 39.8 Å². The SMILES string of the molecule is CCOc1c([C@@H](C)n2nc(C)c3c(N)ncnc32)cc(Cl)c(C#N)c1CC1CCOC1. The quantitative estimate of drug-likeness (QED) is 0.619. The Balaban J connectivity index is 1.89. The maximum absolute atomic E-state index is 9.82. The zero-order chi connectivity index (χ0) is 22.1. The number of nitrogen functional groups attached to an aromatic ring is 1. The lowest BCUT2D eigenvalue weighted by molar-refractivity contribution is 0.185. The van der Waals surface area contributed by atoms with Crippen LogP contribution in [-0.2, 0) is 11.2 Å². The minimum Gasteiger partial charge on any atom is -0.493 e. The second-order valence-electron chi connectivity index (χ2n) is 7.77. The van der Waals surface area contributed by atoms with E-state index in [1.165, 1.54) is 6.33 Å². The molecule has 0 spiro atoms. The van der Waals surface area contributed by atoms with Crippen LogP contribution in [0.1, 0.15) is 48.7 Å². The molecule has 31 heavy (non-hydrogen) atoms. The highest BCUT2D eigenvalue weighted by molar-refractivity contribution is 6.32. The normalized spacial score (nSPS) is 17.1. The lowest BCUT2D eigenvalue weighted by atomic mass is 9.91. The van der Waals surface area contributed by atoms with E-state index in [4.69, 9.17) is 26.8 Å². The van der Waals surface area contributed by atoms with Gasteiger partial charge in [-0.1, -0.05) is 11.6 Å². The number of nitrogens with two attached hydrogens (primary N) is 1. The van der Waals surface area contributed by atoms with Crippen LogP contribution in [0.15, 0.2) is 12.4 Å². The van der Waals surface area contributed by atoms with E-state index in [1.807, 2.05) is 25.5 Å². The van der Waals surface area contributed by atoms with E-state index in [0.717, 1.165) is 35.2 Å². The van der Waals surface area contributed by atoms with Crippen molar-refractivity contribution in [1.82, 2.24) is 19.7 Å². The highest BCUT2D eigenvalue weighted by atomic mass is 35.5. The number of nitrogens with zero attached hydrogens (tertiary/aromatic N) is 5. The molecule has 2 N–H and O–H groups in total. The third-order valence-electron chi connectivity index (χ3n) is 5.79. The highest BCUT2D eigenvalue weighted by Crippen LogP contribution is 2.40. The molecule has 162 valence electrons. The van der Waals surface area contributed by atoms with E-state index in [2.05, 4.69) is 21.1 Å². The minimum absolute atomic E-state index is 0.254. The van der Waals surface area contributed by atoms with Crippen LogP contribution in [0, 0.1) is 24.2 Å². The van der Waals surface area contributed by atoms with E-state index >= 15 is 0 Å². The molecule has 0 amide bonds. The molecule has 0 aliphatic carbocycles. The zero-order valence-corrected chi connectivity index (χ0v) is 18.6. The maximum Gasteiger partial charge on any atom is 0.164 e. The summed E-state index contributed by atoms with van der Waals surface area (Å²) in [4.78, 5) is 8.50. The van der Waals surface area contributed by atoms with Crippen molar-refractivity contribution in [3.63, 3.8) is 0 Å². The Labute approximate surface area is 185 Å². The molecule has 1 saturated heterocycles. The Hall–Kier alpha value is -2.89. The molecular weight excluding hydrogens is 416 g/mol. The fourth-order valence-corrected chi connectivity index (χ4v) is 4.52. The van der Waals surface area contributed by atoms with Gasteiger partial charge in [0, 0.05) is 24.3 Å². The number of fused-ring (bicyclic) bond motifs is 1. The highest BCUT2D eigenvalue weighted by Gasteiger charge is 2.28. The molecule has 2 atom stereocenters. The van der Waals surface area contributed by atoms with Crippen LogP contribution in [0.3, 0.4) is 0 Å². The molecule has 1 aromatic carbocycles. The van der Waals surface area contributed by atoms with Gasteiger partial charge in [0.15, 0.2) is 5.65 Å². The Morgan fingerprint density at radius 2 is 2.26 bits per heavy atom. The summed E-state index contributed by atoms with van der Waals surface area (Å²) in [7, 11) is 0. The Morgan fingerprint density at radius 1 is 1.45 bits per heavy atom. The summed E-state index contributed by atoms with van der Waals surface area (Å²) < 4.78 is 13.5. The Kier molecular flexibility index (Phi) is 5.99. The molecule has 1 aliphatic heterocycles. The Morgan fingerprint density at radius 3 is 2.94 bits per heavy atom. The summed E-state index contributed by atoms with van der Waals surface area (Å²) in [6, 6.07) is 3.82. The van der Waals surface area contributed by atoms with Gasteiger partial charge in [0.1, 0.15) is 24.0 Å². The second kappa shape index (κ2) is 8.69. The summed E-state index contributed by atoms with van der Waals surface area (Å²) >= 11 is 6.59. The molecule has 9 heteroatoms. The summed E-state index contributed by atoms with van der Waals surface area (Å²) in [6.45, 7) is 7.69. The minimum atomic E-state index is -0.254. The average Bonchev–Trinajstić information content (AvgIpc) is 3.38. The van der Waals surface area contributed by atoms with Crippen LogP contribution in [-0.4, -0.2) is 39.6 Å². The molecule has 0 bridgehead atoms. The van der Waals surface area contributed by atoms with Crippen LogP contribution in [0.4, 0.5) is 5.82 Å². The van der Waals surface area contributed by atoms with Gasteiger partial charge in [-0.25, -0.2) is 14.6 Å². The van der Waals surface area contributed by atoms with Crippen LogP contribution in [0.25, 0.3) is 11.0 Å². The molecular formula is C22H25ClN6O2. The molecule has 4 rings (SSSR count). The van der Waals surface area contributed by atoms with E-state index in [0.29, 0.717) is 53.4 Å². The first-order chi connectivity index (χ1) is 15.0. The molecule has 2 aromatic heterocycles. The summed E-state index contributed by atoms with van der Waals surface area (Å²) in [5, 5.41) is 15.6. The van der Waals surface area contributed by atoms with Crippen molar-refractivity contribution in [2.75, 3.05) is 25.6 Å². The number of halogens is 1. The number of rotatable bonds is 6. The zero-order valence-electron chi connectivity index (χ0n) is 17.9. The van der Waals surface area contributed by atoms with E-state index in [9.17, 15) is 5.26 Å². The first kappa shape index (κ1) is 21.3. The fourth-order valence-electron chi connectivity index (χ4n) is 4.25. The van der Waals surface area contributed by atoms with Crippen LogP contribution in [0.2, 0.25) is 5.02 Å². The first-order valence-electron chi connectivity index (χ1n) is 10.4. The molecule has 8 nitrogen and oxygen atoms in total. The number of nitriles is 1. The van der Waals surface area contributed by atoms with Crippen molar-refractivity contribution < 1.29 is 9.47 Å². The number of anilines is 1. The predicted octanol–water partition coefficient (Wildman–Crippen LogP) is 3.83. The number of benzene rings is 1. The molecule has 3 aromatic rings. The molecule has 1 fully saturated rings. The summed E-state index contributed by atoms with van der Waals surface area (Å²) in [6.07, 6.45) is 3.06. The number of aryl methyl sites for hydroxylation is 1. The van der Waals surface area contributed by atoms with E-state index in [-0.39, 0.29) is 6.04 Å². The van der Waals surface area contributed by atoms with Gasteiger partial charge < -0.3 is 15.2 Å². The van der Waals surface area contributed by atoms with Crippen molar-refractivity contribution in [2.45, 2.75) is 39.7 Å². The van der Waals surface area contributed by atoms with E-state index in [1.54, 1.807) is 6.07 Å². The standard InChI is InChI=1S/C22H25ClN6O2/c1-4-31-20-15(8-18(23)17(9-24)16(20)7-14-5-6-30-10-14)13(3)29-22-19(12(2)28-29)21(25)26-11-27-22/h8,11,13-14H,4-7,10H2,1-3H3,(H2,25,26,27)/t13-,14?/m1/s1. The van der Waals surface area contributed by atoms with Gasteiger partial charge in [-0.05, 0) is 45.6 Å². The van der Waals surface area contributed by atoms with Crippen LogP contribution < -0.4 is 10.5 Å². The van der Waals surface area contributed by atoms with Gasteiger partial charge in [-0.3, -0.25) is 0 Å². The number of ether oxygens (including phenoxy) is 2. The van der Waals surface area contributed by atoms with Crippen molar-refractivity contribution >= 4 is 28.5 Å². The van der Waals surface area contributed by atoms with Gasteiger partial charge in [0.25, 0.3) is 0 Å². The number of hydrogen-bond donors (Lipinski definition) is 1. The van der Waals surface area contributed by atoms with Crippen LogP contribution in [0.5, 0.6) is 5.75 Å². The number of hydrogen-bond acceptors (Lipinski definition) is 7. The predicted molar refractivity (Wildman–Crippen MR) is 118 cm³/mol. The summed E-state index contributed by atoms with van der Waals surface area (Å²) in [5.41, 5.74) is 9.60. The third-order valence-corrected chi connectivity index (χ3v) is 6.08.